The molecule has 0 saturated carbocycles. The lowest BCUT2D eigenvalue weighted by Crippen LogP contribution is -2.17. The maximum Gasteiger partial charge on any atom is 0.209 e. The van der Waals surface area contributed by atoms with Crippen molar-refractivity contribution in [3.8, 4) is 0 Å². The van der Waals surface area contributed by atoms with E-state index in [1.165, 1.54) is 4.88 Å². The summed E-state index contributed by atoms with van der Waals surface area (Å²) in [6.07, 6.45) is 0. The summed E-state index contributed by atoms with van der Waals surface area (Å²) in [5, 5.41) is 0. The number of aryl methyl sites for hydroxylation is 1. The van der Waals surface area contributed by atoms with Gasteiger partial charge in [0.15, 0.2) is 5.58 Å². The molecule has 0 saturated heterocycles. The van der Waals surface area contributed by atoms with Crippen LogP contribution in [0.2, 0.25) is 0 Å². The van der Waals surface area contributed by atoms with Crippen LogP contribution < -0.4 is 5.73 Å². The number of fused-ring (bicyclic) bond motifs is 1. The van der Waals surface area contributed by atoms with Crippen molar-refractivity contribution in [2.75, 3.05) is 12.8 Å². The molecule has 5 nitrogen and oxygen atoms in total. The zero-order valence-corrected chi connectivity index (χ0v) is 12.3. The third-order valence-electron chi connectivity index (χ3n) is 3.12. The summed E-state index contributed by atoms with van der Waals surface area (Å²) in [6, 6.07) is 5.52. The van der Waals surface area contributed by atoms with E-state index in [2.05, 4.69) is 14.9 Å². The highest BCUT2D eigenvalue weighted by molar-refractivity contribution is 7.09. The Balaban J connectivity index is 1.74. The van der Waals surface area contributed by atoms with Crippen LogP contribution in [0.3, 0.4) is 0 Å². The van der Waals surface area contributed by atoms with Crippen LogP contribution in [-0.4, -0.2) is 21.9 Å². The minimum atomic E-state index is 0.659. The molecule has 20 heavy (non-hydrogen) atoms. The summed E-state index contributed by atoms with van der Waals surface area (Å²) in [6.45, 7) is 3.53. The molecular formula is C14H16N4OS. The summed E-state index contributed by atoms with van der Waals surface area (Å²) < 4.78 is 5.72. The fourth-order valence-corrected chi connectivity index (χ4v) is 2.92. The van der Waals surface area contributed by atoms with Crippen LogP contribution in [-0.2, 0) is 13.1 Å². The molecule has 3 rings (SSSR count). The molecule has 0 aliphatic heterocycles. The van der Waals surface area contributed by atoms with Crippen LogP contribution in [0.1, 0.15) is 16.5 Å². The summed E-state index contributed by atoms with van der Waals surface area (Å²) in [5.74, 6) is 0.704. The molecule has 0 fully saturated rings. The Labute approximate surface area is 121 Å². The number of nitrogens with zero attached hydrogens (tertiary/aromatic N) is 3. The number of aromatic nitrogens is 2. The van der Waals surface area contributed by atoms with Gasteiger partial charge >= 0.3 is 0 Å². The van der Waals surface area contributed by atoms with Gasteiger partial charge in [-0.1, -0.05) is 0 Å². The predicted molar refractivity (Wildman–Crippen MR) is 80.4 cm³/mol. The van der Waals surface area contributed by atoms with Crippen molar-refractivity contribution in [2.24, 2.45) is 0 Å². The summed E-state index contributed by atoms with van der Waals surface area (Å²) in [7, 11) is 2.04. The van der Waals surface area contributed by atoms with Crippen molar-refractivity contribution in [3.05, 3.63) is 40.2 Å². The van der Waals surface area contributed by atoms with E-state index in [1.54, 1.807) is 17.4 Å². The highest BCUT2D eigenvalue weighted by Gasteiger charge is 2.11. The van der Waals surface area contributed by atoms with Gasteiger partial charge in [-0.05, 0) is 26.1 Å². The van der Waals surface area contributed by atoms with Crippen molar-refractivity contribution >= 4 is 28.1 Å². The van der Waals surface area contributed by atoms with E-state index in [0.717, 1.165) is 23.3 Å². The average Bonchev–Trinajstić information content (AvgIpc) is 2.95. The molecule has 6 heteroatoms. The van der Waals surface area contributed by atoms with Crippen molar-refractivity contribution in [1.82, 2.24) is 14.9 Å². The molecule has 0 bridgehead atoms. The lowest BCUT2D eigenvalue weighted by Gasteiger charge is -2.13. The molecular weight excluding hydrogens is 272 g/mol. The Hall–Kier alpha value is -1.92. The molecule has 2 heterocycles. The van der Waals surface area contributed by atoms with Crippen LogP contribution >= 0.6 is 11.3 Å². The lowest BCUT2D eigenvalue weighted by molar-refractivity contribution is 0.287. The van der Waals surface area contributed by atoms with Crippen LogP contribution in [0.4, 0.5) is 5.69 Å². The minimum Gasteiger partial charge on any atom is -0.439 e. The number of hydrogen-bond donors (Lipinski definition) is 1. The Kier molecular flexibility index (Phi) is 3.42. The third kappa shape index (κ3) is 2.66. The second-order valence-corrected chi connectivity index (χ2v) is 5.81. The normalized spacial score (nSPS) is 11.6. The average molecular weight is 288 g/mol. The van der Waals surface area contributed by atoms with Crippen molar-refractivity contribution < 1.29 is 4.42 Å². The highest BCUT2D eigenvalue weighted by Crippen LogP contribution is 2.20. The van der Waals surface area contributed by atoms with Crippen LogP contribution in [0.15, 0.2) is 28.1 Å². The molecule has 1 aromatic carbocycles. The molecule has 0 aliphatic carbocycles. The second kappa shape index (κ2) is 5.22. The number of rotatable bonds is 4. The van der Waals surface area contributed by atoms with E-state index in [9.17, 15) is 0 Å². The molecule has 0 radical (unpaired) electrons. The van der Waals surface area contributed by atoms with Gasteiger partial charge in [0.05, 0.1) is 17.7 Å². The summed E-state index contributed by atoms with van der Waals surface area (Å²) in [5.41, 5.74) is 11.0. The second-order valence-electron chi connectivity index (χ2n) is 4.87. The minimum absolute atomic E-state index is 0.659. The number of oxazole rings is 1. The van der Waals surface area contributed by atoms with E-state index in [0.29, 0.717) is 18.1 Å². The van der Waals surface area contributed by atoms with Gasteiger partial charge in [-0.15, -0.1) is 11.3 Å². The number of thiazole rings is 1. The first-order chi connectivity index (χ1) is 9.61. The smallest absolute Gasteiger partial charge is 0.209 e. The first kappa shape index (κ1) is 13.1. The maximum absolute atomic E-state index is 5.74. The SMILES string of the molecule is Cc1ncsc1CN(C)Cc1nc2ccc(N)cc2o1. The molecule has 104 valence electrons. The van der Waals surface area contributed by atoms with Crippen molar-refractivity contribution in [2.45, 2.75) is 20.0 Å². The van der Waals surface area contributed by atoms with E-state index in [-0.39, 0.29) is 0 Å². The van der Waals surface area contributed by atoms with Gasteiger partial charge < -0.3 is 10.2 Å². The first-order valence-electron chi connectivity index (χ1n) is 6.34. The molecule has 2 aromatic heterocycles. The Morgan fingerprint density at radius 3 is 2.95 bits per heavy atom. The van der Waals surface area contributed by atoms with Gasteiger partial charge in [0.1, 0.15) is 5.52 Å². The Morgan fingerprint density at radius 2 is 2.20 bits per heavy atom. The van der Waals surface area contributed by atoms with Crippen molar-refractivity contribution in [1.29, 1.82) is 0 Å². The molecule has 2 N–H and O–H groups in total. The van der Waals surface area contributed by atoms with Gasteiger partial charge in [-0.3, -0.25) is 4.90 Å². The fraction of sp³-hybridized carbons (Fsp3) is 0.286. The standard InChI is InChI=1S/C14H16N4OS/c1-9-13(20-8-16-9)6-18(2)7-14-17-11-4-3-10(15)5-12(11)19-14/h3-5,8H,6-7,15H2,1-2H3. The van der Waals surface area contributed by atoms with Gasteiger partial charge in [-0.2, -0.15) is 0 Å². The van der Waals surface area contributed by atoms with E-state index in [4.69, 9.17) is 10.2 Å². The third-order valence-corrected chi connectivity index (χ3v) is 4.04. The van der Waals surface area contributed by atoms with Gasteiger partial charge in [0.2, 0.25) is 5.89 Å². The Morgan fingerprint density at radius 1 is 1.35 bits per heavy atom. The largest absolute Gasteiger partial charge is 0.439 e. The van der Waals surface area contributed by atoms with Crippen LogP contribution in [0.25, 0.3) is 11.1 Å². The number of hydrogen-bond acceptors (Lipinski definition) is 6. The van der Waals surface area contributed by atoms with E-state index in [1.807, 2.05) is 31.6 Å². The zero-order valence-electron chi connectivity index (χ0n) is 11.5. The molecule has 0 aliphatic rings. The topological polar surface area (TPSA) is 68.2 Å². The van der Waals surface area contributed by atoms with Gasteiger partial charge in [0.25, 0.3) is 0 Å². The zero-order chi connectivity index (χ0) is 14.1. The van der Waals surface area contributed by atoms with Crippen molar-refractivity contribution in [3.63, 3.8) is 0 Å². The number of nitrogen functional groups attached to an aromatic ring is 1. The lowest BCUT2D eigenvalue weighted by atomic mass is 10.3. The number of benzene rings is 1. The van der Waals surface area contributed by atoms with Crippen LogP contribution in [0.5, 0.6) is 0 Å². The van der Waals surface area contributed by atoms with E-state index >= 15 is 0 Å². The molecule has 0 unspecified atom stereocenters. The summed E-state index contributed by atoms with van der Waals surface area (Å²) in [4.78, 5) is 12.2. The quantitative estimate of drug-likeness (QED) is 0.748. The molecule has 0 amide bonds. The van der Waals surface area contributed by atoms with Gasteiger partial charge in [0, 0.05) is 23.2 Å². The monoisotopic (exact) mass is 288 g/mol. The molecule has 3 aromatic rings. The predicted octanol–water partition coefficient (Wildman–Crippen LogP) is 2.81. The molecule has 0 spiro atoms. The number of nitrogens with two attached hydrogens (primary N) is 1. The van der Waals surface area contributed by atoms with Crippen LogP contribution in [0, 0.1) is 6.92 Å². The molecule has 0 atom stereocenters. The maximum atomic E-state index is 5.74. The fourth-order valence-electron chi connectivity index (χ4n) is 2.07. The van der Waals surface area contributed by atoms with Gasteiger partial charge in [-0.25, -0.2) is 9.97 Å². The van der Waals surface area contributed by atoms with E-state index < -0.39 is 0 Å². The Bertz CT molecular complexity index is 734. The summed E-state index contributed by atoms with van der Waals surface area (Å²) >= 11 is 1.68. The highest BCUT2D eigenvalue weighted by atomic mass is 32.1. The first-order valence-corrected chi connectivity index (χ1v) is 7.22. The number of anilines is 1.